The third kappa shape index (κ3) is 4.73. The predicted octanol–water partition coefficient (Wildman–Crippen LogP) is 13.0. The fourth-order valence-corrected chi connectivity index (χ4v) is 8.01. The van der Waals surface area contributed by atoms with Gasteiger partial charge in [0.1, 0.15) is 17.0 Å². The molecule has 4 nitrogen and oxygen atoms in total. The van der Waals surface area contributed by atoms with E-state index in [-0.39, 0.29) is 0 Å². The number of hydrogen-bond acceptors (Lipinski definition) is 2. The highest BCUT2D eigenvalue weighted by molar-refractivity contribution is 6.18. The van der Waals surface area contributed by atoms with Gasteiger partial charge in [-0.1, -0.05) is 115 Å². The molecule has 4 heteroatoms. The lowest BCUT2D eigenvalue weighted by Gasteiger charge is -2.13. The molecule has 11 rings (SSSR count). The maximum Gasteiger partial charge on any atom is 0.145 e. The Kier molecular flexibility index (Phi) is 6.52. The van der Waals surface area contributed by atoms with Crippen LogP contribution in [0.1, 0.15) is 0 Å². The van der Waals surface area contributed by atoms with Crippen molar-refractivity contribution < 1.29 is 4.42 Å². The summed E-state index contributed by atoms with van der Waals surface area (Å²) in [4.78, 5) is 5.07. The number of fused-ring (bicyclic) bond motifs is 7. The van der Waals surface area contributed by atoms with Crippen molar-refractivity contribution in [2.75, 3.05) is 0 Å². The van der Waals surface area contributed by atoms with Crippen LogP contribution in [0.25, 0.3) is 99.8 Å². The largest absolute Gasteiger partial charge is 0.456 e. The Hall–Kier alpha value is -7.17. The van der Waals surface area contributed by atoms with E-state index in [9.17, 15) is 0 Å². The van der Waals surface area contributed by atoms with Crippen LogP contribution in [-0.2, 0) is 0 Å². The van der Waals surface area contributed by atoms with E-state index < -0.39 is 0 Å². The highest BCUT2D eigenvalue weighted by atomic mass is 16.3. The molecule has 8 aromatic carbocycles. The van der Waals surface area contributed by atoms with Crippen molar-refractivity contribution in [3.8, 4) is 45.0 Å². The van der Waals surface area contributed by atoms with Gasteiger partial charge in [0.25, 0.3) is 0 Å². The third-order valence-electron chi connectivity index (χ3n) is 10.5. The molecule has 11 aromatic rings. The number of rotatable bonds is 5. The topological polar surface area (TPSA) is 35.9 Å². The second kappa shape index (κ2) is 11.7. The van der Waals surface area contributed by atoms with Crippen molar-refractivity contribution in [2.45, 2.75) is 0 Å². The molecule has 0 aliphatic rings. The van der Waals surface area contributed by atoms with Crippen molar-refractivity contribution in [3.63, 3.8) is 0 Å². The van der Waals surface area contributed by atoms with Gasteiger partial charge in [-0.3, -0.25) is 4.57 Å². The van der Waals surface area contributed by atoms with Crippen molar-refractivity contribution in [3.05, 3.63) is 188 Å². The molecule has 0 saturated heterocycles. The lowest BCUT2D eigenvalue weighted by Crippen LogP contribution is -1.99. The van der Waals surface area contributed by atoms with Gasteiger partial charge in [0.05, 0.1) is 22.1 Å². The summed E-state index contributed by atoms with van der Waals surface area (Å²) < 4.78 is 11.2. The number of nitrogens with zero attached hydrogens (tertiary/aromatic N) is 3. The van der Waals surface area contributed by atoms with E-state index in [2.05, 4.69) is 185 Å². The average Bonchev–Trinajstić information content (AvgIpc) is 3.90. The zero-order chi connectivity index (χ0) is 34.9. The Morgan fingerprint density at radius 3 is 1.58 bits per heavy atom. The molecule has 0 bridgehead atoms. The third-order valence-corrected chi connectivity index (χ3v) is 10.5. The molecule has 0 amide bonds. The predicted molar refractivity (Wildman–Crippen MR) is 219 cm³/mol. The van der Waals surface area contributed by atoms with E-state index in [4.69, 9.17) is 9.40 Å². The number of furan rings is 1. The normalized spacial score (nSPS) is 11.8. The van der Waals surface area contributed by atoms with Gasteiger partial charge in [0.15, 0.2) is 0 Å². The van der Waals surface area contributed by atoms with Gasteiger partial charge in [0, 0.05) is 38.5 Å². The fourth-order valence-electron chi connectivity index (χ4n) is 8.01. The monoisotopic (exact) mass is 677 g/mol. The summed E-state index contributed by atoms with van der Waals surface area (Å²) in [6, 6.07) is 66.7. The molecular formula is C49H31N3O. The van der Waals surface area contributed by atoms with E-state index in [0.717, 1.165) is 72.2 Å². The Balaban J connectivity index is 1.13. The molecule has 0 saturated carbocycles. The quantitative estimate of drug-likeness (QED) is 0.182. The van der Waals surface area contributed by atoms with Gasteiger partial charge >= 0.3 is 0 Å². The fraction of sp³-hybridized carbons (Fsp3) is 0. The van der Waals surface area contributed by atoms with E-state index in [0.29, 0.717) is 0 Å². The summed E-state index contributed by atoms with van der Waals surface area (Å²) in [5, 5.41) is 4.56. The Morgan fingerprint density at radius 2 is 0.887 bits per heavy atom. The molecule has 0 radical (unpaired) electrons. The summed E-state index contributed by atoms with van der Waals surface area (Å²) in [5.74, 6) is 0.925. The van der Waals surface area contributed by atoms with E-state index >= 15 is 0 Å². The standard InChI is InChI=1S/C49H31N3O/c1-4-12-32(13-5-1)35-20-26-44-39(28-35)40-31-48-42(41-29-36(21-27-47(41)53-48)33-14-6-2-7-15-33)30-46(40)51(44)37-22-24-38(25-23-37)52-45-19-11-10-18-43(45)50-49(52)34-16-8-3-9-17-34/h1-31H. The van der Waals surface area contributed by atoms with Gasteiger partial charge in [0.2, 0.25) is 0 Å². The van der Waals surface area contributed by atoms with Crippen LogP contribution in [0.2, 0.25) is 0 Å². The van der Waals surface area contributed by atoms with Crippen LogP contribution in [0.4, 0.5) is 0 Å². The van der Waals surface area contributed by atoms with Gasteiger partial charge in [-0.15, -0.1) is 0 Å². The summed E-state index contributed by atoms with van der Waals surface area (Å²) >= 11 is 0. The first-order chi connectivity index (χ1) is 26.3. The first-order valence-corrected chi connectivity index (χ1v) is 18.0. The molecule has 0 aliphatic heterocycles. The molecule has 248 valence electrons. The van der Waals surface area contributed by atoms with E-state index in [1.54, 1.807) is 0 Å². The molecule has 0 fully saturated rings. The maximum atomic E-state index is 6.55. The highest BCUT2D eigenvalue weighted by Crippen LogP contribution is 2.41. The van der Waals surface area contributed by atoms with Crippen LogP contribution in [0.15, 0.2) is 192 Å². The SMILES string of the molecule is c1ccc(-c2ccc3oc4cc5c6cc(-c7ccccc7)ccc6n(-c6ccc(-n7c(-c8ccccc8)nc8ccccc87)cc6)c5cc4c3c2)cc1. The average molecular weight is 678 g/mol. The second-order valence-electron chi connectivity index (χ2n) is 13.6. The number of imidazole rings is 1. The van der Waals surface area contributed by atoms with Gasteiger partial charge in [-0.05, 0) is 95.1 Å². The Bertz CT molecular complexity index is 3130. The minimum Gasteiger partial charge on any atom is -0.456 e. The molecule has 0 aliphatic carbocycles. The number of benzene rings is 8. The van der Waals surface area contributed by atoms with Crippen LogP contribution in [0, 0.1) is 0 Å². The minimum atomic E-state index is 0.887. The minimum absolute atomic E-state index is 0.887. The molecule has 0 atom stereocenters. The van der Waals surface area contributed by atoms with E-state index in [1.807, 2.05) is 12.1 Å². The van der Waals surface area contributed by atoms with Crippen LogP contribution in [0.3, 0.4) is 0 Å². The molecule has 0 unspecified atom stereocenters. The molecule has 3 heterocycles. The molecule has 0 spiro atoms. The number of para-hydroxylation sites is 2. The lowest BCUT2D eigenvalue weighted by molar-refractivity contribution is 0.669. The van der Waals surface area contributed by atoms with Crippen LogP contribution in [-0.4, -0.2) is 14.1 Å². The van der Waals surface area contributed by atoms with Crippen molar-refractivity contribution in [1.82, 2.24) is 14.1 Å². The summed E-state index contributed by atoms with van der Waals surface area (Å²) in [6.45, 7) is 0. The zero-order valence-electron chi connectivity index (χ0n) is 28.6. The molecule has 53 heavy (non-hydrogen) atoms. The Morgan fingerprint density at radius 1 is 0.340 bits per heavy atom. The first kappa shape index (κ1) is 29.5. The second-order valence-corrected chi connectivity index (χ2v) is 13.6. The van der Waals surface area contributed by atoms with Crippen molar-refractivity contribution in [2.24, 2.45) is 0 Å². The van der Waals surface area contributed by atoms with Crippen LogP contribution < -0.4 is 0 Å². The molecule has 0 N–H and O–H groups in total. The van der Waals surface area contributed by atoms with E-state index in [1.165, 1.54) is 27.6 Å². The van der Waals surface area contributed by atoms with Crippen LogP contribution >= 0.6 is 0 Å². The first-order valence-electron chi connectivity index (χ1n) is 18.0. The number of aromatic nitrogens is 3. The smallest absolute Gasteiger partial charge is 0.145 e. The maximum absolute atomic E-state index is 6.55. The molecular weight excluding hydrogens is 647 g/mol. The van der Waals surface area contributed by atoms with Gasteiger partial charge in [-0.25, -0.2) is 4.98 Å². The summed E-state index contributed by atoms with van der Waals surface area (Å²) in [6.07, 6.45) is 0. The highest BCUT2D eigenvalue weighted by Gasteiger charge is 2.19. The zero-order valence-corrected chi connectivity index (χ0v) is 28.6. The molecule has 3 aromatic heterocycles. The Labute approximate surface area is 305 Å². The number of hydrogen-bond donors (Lipinski definition) is 0. The lowest BCUT2D eigenvalue weighted by atomic mass is 10.0. The van der Waals surface area contributed by atoms with Crippen LogP contribution in [0.5, 0.6) is 0 Å². The summed E-state index contributed by atoms with van der Waals surface area (Å²) in [7, 11) is 0. The van der Waals surface area contributed by atoms with Gasteiger partial charge < -0.3 is 8.98 Å². The summed E-state index contributed by atoms with van der Waals surface area (Å²) in [5.41, 5.74) is 14.1. The van der Waals surface area contributed by atoms with Crippen molar-refractivity contribution in [1.29, 1.82) is 0 Å². The van der Waals surface area contributed by atoms with Gasteiger partial charge in [-0.2, -0.15) is 0 Å². The van der Waals surface area contributed by atoms with Crippen molar-refractivity contribution >= 4 is 54.8 Å².